The first-order valence-corrected chi connectivity index (χ1v) is 5.87. The van der Waals surface area contributed by atoms with Gasteiger partial charge in [0.15, 0.2) is 0 Å². The van der Waals surface area contributed by atoms with Crippen molar-refractivity contribution < 1.29 is 9.90 Å². The Balaban J connectivity index is 2.55. The van der Waals surface area contributed by atoms with Crippen LogP contribution in [-0.2, 0) is 4.79 Å². The lowest BCUT2D eigenvalue weighted by Crippen LogP contribution is -2.08. The number of halogens is 2. The van der Waals surface area contributed by atoms with Crippen molar-refractivity contribution in [2.45, 2.75) is 6.42 Å². The fourth-order valence-corrected chi connectivity index (χ4v) is 2.43. The van der Waals surface area contributed by atoms with E-state index in [1.807, 2.05) is 18.2 Å². The van der Waals surface area contributed by atoms with E-state index in [0.29, 0.717) is 6.54 Å². The van der Waals surface area contributed by atoms with Gasteiger partial charge in [-0.05, 0) is 40.8 Å². The van der Waals surface area contributed by atoms with Crippen LogP contribution < -0.4 is 5.32 Å². The van der Waals surface area contributed by atoms with Crippen molar-refractivity contribution >= 4 is 50.2 Å². The van der Waals surface area contributed by atoms with Crippen LogP contribution >= 0.6 is 38.5 Å². The van der Waals surface area contributed by atoms with Gasteiger partial charge in [0.05, 0.1) is 6.42 Å². The van der Waals surface area contributed by atoms with Crippen molar-refractivity contribution in [1.29, 1.82) is 0 Å². The SMILES string of the molecule is O=C(O)CCNc1ccc(Br)cc1I. The second-order valence-corrected chi connectivity index (χ2v) is 4.77. The van der Waals surface area contributed by atoms with Gasteiger partial charge in [0.1, 0.15) is 0 Å². The summed E-state index contributed by atoms with van der Waals surface area (Å²) in [6.07, 6.45) is 0.131. The van der Waals surface area contributed by atoms with E-state index in [2.05, 4.69) is 43.8 Å². The van der Waals surface area contributed by atoms with E-state index in [4.69, 9.17) is 5.11 Å². The number of hydrogen-bond acceptors (Lipinski definition) is 2. The largest absolute Gasteiger partial charge is 0.481 e. The van der Waals surface area contributed by atoms with Gasteiger partial charge in [-0.15, -0.1) is 0 Å². The minimum atomic E-state index is -0.787. The summed E-state index contributed by atoms with van der Waals surface area (Å²) in [6.45, 7) is 0.451. The molecule has 0 unspecified atom stereocenters. The van der Waals surface area contributed by atoms with Crippen LogP contribution in [0, 0.1) is 3.57 Å². The summed E-state index contributed by atoms with van der Waals surface area (Å²) in [5.41, 5.74) is 0.968. The minimum absolute atomic E-state index is 0.131. The Labute approximate surface area is 104 Å². The predicted octanol–water partition coefficient (Wildman–Crippen LogP) is 2.94. The van der Waals surface area contributed by atoms with Crippen molar-refractivity contribution in [3.8, 4) is 0 Å². The lowest BCUT2D eigenvalue weighted by Gasteiger charge is -2.07. The second-order valence-electron chi connectivity index (χ2n) is 2.69. The molecule has 0 radical (unpaired) electrons. The van der Waals surface area contributed by atoms with Crippen LogP contribution in [0.25, 0.3) is 0 Å². The number of anilines is 1. The summed E-state index contributed by atoms with van der Waals surface area (Å²) in [7, 11) is 0. The first-order valence-electron chi connectivity index (χ1n) is 4.00. The topological polar surface area (TPSA) is 49.3 Å². The molecule has 1 aromatic rings. The summed E-state index contributed by atoms with van der Waals surface area (Å²) in [5, 5.41) is 11.5. The fraction of sp³-hybridized carbons (Fsp3) is 0.222. The standard InChI is InChI=1S/C9H9BrINO2/c10-6-1-2-8(7(11)5-6)12-4-3-9(13)14/h1-2,5,12H,3-4H2,(H,13,14). The number of rotatable bonds is 4. The number of nitrogens with one attached hydrogen (secondary N) is 1. The summed E-state index contributed by atoms with van der Waals surface area (Å²) >= 11 is 5.56. The zero-order valence-electron chi connectivity index (χ0n) is 7.26. The van der Waals surface area contributed by atoms with Gasteiger partial charge in [0, 0.05) is 20.3 Å². The van der Waals surface area contributed by atoms with Crippen LogP contribution in [0.5, 0.6) is 0 Å². The average molecular weight is 370 g/mol. The Kier molecular flexibility index (Phi) is 4.67. The number of carbonyl (C=O) groups is 1. The van der Waals surface area contributed by atoms with Gasteiger partial charge >= 0.3 is 5.97 Å². The molecular weight excluding hydrogens is 361 g/mol. The van der Waals surface area contributed by atoms with Gasteiger partial charge in [-0.1, -0.05) is 15.9 Å². The molecule has 0 atom stereocenters. The van der Waals surface area contributed by atoms with E-state index in [1.165, 1.54) is 0 Å². The molecule has 0 bridgehead atoms. The van der Waals surface area contributed by atoms with Crippen LogP contribution in [0.15, 0.2) is 22.7 Å². The number of carboxylic acid groups (broad SMARTS) is 1. The van der Waals surface area contributed by atoms with E-state index in [-0.39, 0.29) is 6.42 Å². The summed E-state index contributed by atoms with van der Waals surface area (Å²) < 4.78 is 2.09. The van der Waals surface area contributed by atoms with Crippen molar-refractivity contribution in [3.05, 3.63) is 26.2 Å². The van der Waals surface area contributed by atoms with Gasteiger partial charge in [-0.25, -0.2) is 0 Å². The van der Waals surface area contributed by atoms with Crippen molar-refractivity contribution in [1.82, 2.24) is 0 Å². The number of hydrogen-bond donors (Lipinski definition) is 2. The summed E-state index contributed by atoms with van der Waals surface area (Å²) in [6, 6.07) is 5.82. The molecule has 2 N–H and O–H groups in total. The van der Waals surface area contributed by atoms with E-state index in [0.717, 1.165) is 13.7 Å². The molecule has 1 aromatic carbocycles. The van der Waals surface area contributed by atoms with E-state index < -0.39 is 5.97 Å². The van der Waals surface area contributed by atoms with Crippen LogP contribution in [-0.4, -0.2) is 17.6 Å². The van der Waals surface area contributed by atoms with Crippen molar-refractivity contribution in [3.63, 3.8) is 0 Å². The lowest BCUT2D eigenvalue weighted by molar-refractivity contribution is -0.136. The maximum Gasteiger partial charge on any atom is 0.305 e. The highest BCUT2D eigenvalue weighted by Crippen LogP contribution is 2.22. The molecule has 0 aliphatic rings. The molecule has 1 rings (SSSR count). The highest BCUT2D eigenvalue weighted by molar-refractivity contribution is 14.1. The highest BCUT2D eigenvalue weighted by Gasteiger charge is 2.00. The van der Waals surface area contributed by atoms with Crippen LogP contribution in [0.2, 0.25) is 0 Å². The third kappa shape index (κ3) is 3.83. The summed E-state index contributed by atoms with van der Waals surface area (Å²) in [5.74, 6) is -0.787. The third-order valence-corrected chi connectivity index (χ3v) is 2.97. The van der Waals surface area contributed by atoms with E-state index in [9.17, 15) is 4.79 Å². The van der Waals surface area contributed by atoms with E-state index >= 15 is 0 Å². The van der Waals surface area contributed by atoms with Gasteiger partial charge < -0.3 is 10.4 Å². The maximum atomic E-state index is 10.3. The molecule has 0 amide bonds. The van der Waals surface area contributed by atoms with Gasteiger partial charge in [0.25, 0.3) is 0 Å². The highest BCUT2D eigenvalue weighted by atomic mass is 127. The number of benzene rings is 1. The van der Waals surface area contributed by atoms with Gasteiger partial charge in [-0.2, -0.15) is 0 Å². The molecular formula is C9H9BrINO2. The predicted molar refractivity (Wildman–Crippen MR) is 67.6 cm³/mol. The molecule has 0 aliphatic heterocycles. The Bertz CT molecular complexity index is 344. The molecule has 5 heteroatoms. The number of carboxylic acids is 1. The fourth-order valence-electron chi connectivity index (χ4n) is 0.937. The first-order chi connectivity index (χ1) is 6.59. The Morgan fingerprint density at radius 2 is 2.29 bits per heavy atom. The average Bonchev–Trinajstić information content (AvgIpc) is 2.08. The zero-order chi connectivity index (χ0) is 10.6. The molecule has 0 aliphatic carbocycles. The monoisotopic (exact) mass is 369 g/mol. The first kappa shape index (κ1) is 11.8. The van der Waals surface area contributed by atoms with Crippen LogP contribution in [0.3, 0.4) is 0 Å². The third-order valence-electron chi connectivity index (χ3n) is 1.59. The zero-order valence-corrected chi connectivity index (χ0v) is 11.0. The minimum Gasteiger partial charge on any atom is -0.481 e. The second kappa shape index (κ2) is 5.55. The van der Waals surface area contributed by atoms with E-state index in [1.54, 1.807) is 0 Å². The van der Waals surface area contributed by atoms with Crippen LogP contribution in [0.1, 0.15) is 6.42 Å². The molecule has 3 nitrogen and oxygen atoms in total. The normalized spacial score (nSPS) is 9.86. The molecule has 0 saturated heterocycles. The Hall–Kier alpha value is -0.300. The summed E-state index contributed by atoms with van der Waals surface area (Å²) in [4.78, 5) is 10.3. The maximum absolute atomic E-state index is 10.3. The van der Waals surface area contributed by atoms with Gasteiger partial charge in [0.2, 0.25) is 0 Å². The lowest BCUT2D eigenvalue weighted by atomic mass is 10.3. The molecule has 0 spiro atoms. The molecule has 0 saturated carbocycles. The quantitative estimate of drug-likeness (QED) is 0.802. The Morgan fingerprint density at radius 3 is 2.86 bits per heavy atom. The molecule has 14 heavy (non-hydrogen) atoms. The molecule has 0 heterocycles. The molecule has 0 fully saturated rings. The van der Waals surface area contributed by atoms with Crippen LogP contribution in [0.4, 0.5) is 5.69 Å². The molecule has 76 valence electrons. The smallest absolute Gasteiger partial charge is 0.305 e. The number of aliphatic carboxylic acids is 1. The van der Waals surface area contributed by atoms with Crippen molar-refractivity contribution in [2.24, 2.45) is 0 Å². The molecule has 0 aromatic heterocycles. The van der Waals surface area contributed by atoms with Gasteiger partial charge in [-0.3, -0.25) is 4.79 Å². The van der Waals surface area contributed by atoms with Crippen molar-refractivity contribution in [2.75, 3.05) is 11.9 Å². The Morgan fingerprint density at radius 1 is 1.57 bits per heavy atom.